The number of rotatable bonds is 2. The summed E-state index contributed by atoms with van der Waals surface area (Å²) >= 11 is 0. The van der Waals surface area contributed by atoms with Crippen LogP contribution in [-0.4, -0.2) is 38.0 Å². The summed E-state index contributed by atoms with van der Waals surface area (Å²) in [6, 6.07) is 7.68. The van der Waals surface area contributed by atoms with Gasteiger partial charge in [-0.2, -0.15) is 0 Å². The highest BCUT2D eigenvalue weighted by Crippen LogP contribution is 2.47. The minimum Gasteiger partial charge on any atom is -0.358 e. The molecule has 2 unspecified atom stereocenters. The molecular weight excluding hydrogens is 290 g/mol. The van der Waals surface area contributed by atoms with Crippen LogP contribution >= 0.6 is 0 Å². The lowest BCUT2D eigenvalue weighted by Gasteiger charge is -2.29. The lowest BCUT2D eigenvalue weighted by molar-refractivity contribution is -0.123. The SMILES string of the molecule is CNC(=O)C1CC2(CN1)C(=O)N(CC(C)(C)C)c1ccccc12. The van der Waals surface area contributed by atoms with Crippen LogP contribution in [0.25, 0.3) is 0 Å². The van der Waals surface area contributed by atoms with Crippen molar-refractivity contribution in [2.45, 2.75) is 38.6 Å². The highest BCUT2D eigenvalue weighted by molar-refractivity contribution is 6.09. The Morgan fingerprint density at radius 2 is 2.09 bits per heavy atom. The van der Waals surface area contributed by atoms with Crippen LogP contribution in [0.15, 0.2) is 24.3 Å². The first-order chi connectivity index (χ1) is 10.8. The fourth-order valence-corrected chi connectivity index (χ4v) is 3.75. The number of benzene rings is 1. The van der Waals surface area contributed by atoms with Crippen molar-refractivity contribution in [3.05, 3.63) is 29.8 Å². The van der Waals surface area contributed by atoms with Crippen molar-refractivity contribution >= 4 is 17.5 Å². The first kappa shape index (κ1) is 16.0. The summed E-state index contributed by atoms with van der Waals surface area (Å²) in [6.45, 7) is 7.59. The number of likely N-dealkylation sites (N-methyl/N-ethyl adjacent to an activating group) is 1. The average molecular weight is 315 g/mol. The Morgan fingerprint density at radius 3 is 2.74 bits per heavy atom. The Labute approximate surface area is 137 Å². The zero-order chi connectivity index (χ0) is 16.8. The van der Waals surface area contributed by atoms with E-state index in [0.29, 0.717) is 19.5 Å². The molecule has 0 bridgehead atoms. The number of carbonyl (C=O) groups excluding carboxylic acids is 2. The van der Waals surface area contributed by atoms with Gasteiger partial charge in [0.05, 0.1) is 11.5 Å². The lowest BCUT2D eigenvalue weighted by Crippen LogP contribution is -2.44. The molecule has 2 aliphatic rings. The number of hydrogen-bond acceptors (Lipinski definition) is 3. The van der Waals surface area contributed by atoms with E-state index in [1.54, 1.807) is 7.05 Å². The molecule has 2 amide bonds. The van der Waals surface area contributed by atoms with Crippen LogP contribution in [0.3, 0.4) is 0 Å². The fourth-order valence-electron chi connectivity index (χ4n) is 3.75. The summed E-state index contributed by atoms with van der Waals surface area (Å²) < 4.78 is 0. The maximum atomic E-state index is 13.3. The molecule has 1 spiro atoms. The molecule has 0 aliphatic carbocycles. The Hall–Kier alpha value is -1.88. The molecule has 2 heterocycles. The van der Waals surface area contributed by atoms with Crippen molar-refractivity contribution in [3.8, 4) is 0 Å². The molecule has 3 rings (SSSR count). The zero-order valence-corrected chi connectivity index (χ0v) is 14.3. The van der Waals surface area contributed by atoms with Crippen LogP contribution in [-0.2, 0) is 15.0 Å². The van der Waals surface area contributed by atoms with Crippen LogP contribution < -0.4 is 15.5 Å². The van der Waals surface area contributed by atoms with Gasteiger partial charge in [0.25, 0.3) is 0 Å². The Morgan fingerprint density at radius 1 is 1.39 bits per heavy atom. The Kier molecular flexibility index (Phi) is 3.71. The molecule has 1 aromatic carbocycles. The number of carbonyl (C=O) groups is 2. The highest BCUT2D eigenvalue weighted by atomic mass is 16.2. The Balaban J connectivity index is 2.00. The predicted octanol–water partition coefficient (Wildman–Crippen LogP) is 1.42. The largest absolute Gasteiger partial charge is 0.358 e. The number of hydrogen-bond donors (Lipinski definition) is 2. The maximum Gasteiger partial charge on any atom is 0.239 e. The van der Waals surface area contributed by atoms with Gasteiger partial charge in [-0.25, -0.2) is 0 Å². The van der Waals surface area contributed by atoms with Gasteiger partial charge in [-0.05, 0) is 23.5 Å². The standard InChI is InChI=1S/C18H25N3O2/c1-17(2,3)11-21-14-8-6-5-7-12(14)18(16(21)23)9-13(20-10-18)15(22)19-4/h5-8,13,20H,9-11H2,1-4H3,(H,19,22). The summed E-state index contributed by atoms with van der Waals surface area (Å²) in [5, 5.41) is 5.91. The fraction of sp³-hybridized carbons (Fsp3) is 0.556. The van der Waals surface area contributed by atoms with Crippen molar-refractivity contribution in [1.29, 1.82) is 0 Å². The number of amides is 2. The van der Waals surface area contributed by atoms with Crippen LogP contribution in [0.5, 0.6) is 0 Å². The van der Waals surface area contributed by atoms with Gasteiger partial charge in [0, 0.05) is 25.8 Å². The van der Waals surface area contributed by atoms with E-state index in [1.165, 1.54) is 0 Å². The average Bonchev–Trinajstić information content (AvgIpc) is 3.04. The van der Waals surface area contributed by atoms with Crippen LogP contribution in [0.1, 0.15) is 32.8 Å². The van der Waals surface area contributed by atoms with Gasteiger partial charge in [-0.1, -0.05) is 39.0 Å². The highest BCUT2D eigenvalue weighted by Gasteiger charge is 2.55. The van der Waals surface area contributed by atoms with Gasteiger partial charge in [-0.15, -0.1) is 0 Å². The van der Waals surface area contributed by atoms with Gasteiger partial charge >= 0.3 is 0 Å². The molecule has 1 fully saturated rings. The number of nitrogens with one attached hydrogen (secondary N) is 2. The summed E-state index contributed by atoms with van der Waals surface area (Å²) in [5.74, 6) is 0.0638. The van der Waals surface area contributed by atoms with Crippen LogP contribution in [0.2, 0.25) is 0 Å². The maximum absolute atomic E-state index is 13.3. The van der Waals surface area contributed by atoms with Gasteiger partial charge in [-0.3, -0.25) is 9.59 Å². The minimum atomic E-state index is -0.612. The third-order valence-electron chi connectivity index (χ3n) is 4.76. The second-order valence-electron chi connectivity index (χ2n) is 7.80. The summed E-state index contributed by atoms with van der Waals surface area (Å²) in [6.07, 6.45) is 0.517. The van der Waals surface area contributed by atoms with E-state index in [9.17, 15) is 9.59 Å². The smallest absolute Gasteiger partial charge is 0.239 e. The molecule has 2 aliphatic heterocycles. The molecule has 2 atom stereocenters. The first-order valence-corrected chi connectivity index (χ1v) is 8.15. The summed E-state index contributed by atoms with van der Waals surface area (Å²) in [7, 11) is 1.63. The lowest BCUT2D eigenvalue weighted by atomic mass is 9.79. The van der Waals surface area contributed by atoms with Gasteiger partial charge in [0.1, 0.15) is 0 Å². The van der Waals surface area contributed by atoms with Crippen molar-refractivity contribution in [2.24, 2.45) is 5.41 Å². The van der Waals surface area contributed by atoms with E-state index in [4.69, 9.17) is 0 Å². The van der Waals surface area contributed by atoms with Crippen molar-refractivity contribution in [2.75, 3.05) is 25.0 Å². The molecule has 0 saturated carbocycles. The van der Waals surface area contributed by atoms with E-state index < -0.39 is 5.41 Å². The topological polar surface area (TPSA) is 61.4 Å². The molecule has 0 aromatic heterocycles. The molecule has 1 aromatic rings. The third-order valence-corrected chi connectivity index (χ3v) is 4.76. The molecular formula is C18H25N3O2. The van der Waals surface area contributed by atoms with E-state index in [0.717, 1.165) is 11.3 Å². The quantitative estimate of drug-likeness (QED) is 0.868. The first-order valence-electron chi connectivity index (χ1n) is 8.15. The van der Waals surface area contributed by atoms with Crippen molar-refractivity contribution in [3.63, 3.8) is 0 Å². The van der Waals surface area contributed by atoms with Crippen LogP contribution in [0.4, 0.5) is 5.69 Å². The normalized spacial score (nSPS) is 26.7. The molecule has 0 radical (unpaired) electrons. The molecule has 5 heteroatoms. The predicted molar refractivity (Wildman–Crippen MR) is 90.4 cm³/mol. The monoisotopic (exact) mass is 315 g/mol. The second kappa shape index (κ2) is 5.34. The molecule has 1 saturated heterocycles. The van der Waals surface area contributed by atoms with Crippen LogP contribution in [0, 0.1) is 5.41 Å². The number of anilines is 1. The van der Waals surface area contributed by atoms with E-state index in [1.807, 2.05) is 29.2 Å². The van der Waals surface area contributed by atoms with E-state index >= 15 is 0 Å². The Bertz CT molecular complexity index is 650. The van der Waals surface area contributed by atoms with Gasteiger partial charge in [0.2, 0.25) is 11.8 Å². The zero-order valence-electron chi connectivity index (χ0n) is 14.3. The molecule has 124 valence electrons. The number of nitrogens with zero attached hydrogens (tertiary/aromatic N) is 1. The van der Waals surface area contributed by atoms with Crippen molar-refractivity contribution < 1.29 is 9.59 Å². The minimum absolute atomic E-state index is 0.0144. The van der Waals surface area contributed by atoms with E-state index in [2.05, 4.69) is 31.4 Å². The summed E-state index contributed by atoms with van der Waals surface area (Å²) in [5.41, 5.74) is 1.44. The van der Waals surface area contributed by atoms with Gasteiger partial charge < -0.3 is 15.5 Å². The second-order valence-corrected chi connectivity index (χ2v) is 7.80. The molecule has 5 nitrogen and oxygen atoms in total. The number of fused-ring (bicyclic) bond motifs is 2. The van der Waals surface area contributed by atoms with E-state index in [-0.39, 0.29) is 23.3 Å². The number of para-hydroxylation sites is 1. The molecule has 23 heavy (non-hydrogen) atoms. The summed E-state index contributed by atoms with van der Waals surface area (Å²) in [4.78, 5) is 27.2. The van der Waals surface area contributed by atoms with Crippen molar-refractivity contribution in [1.82, 2.24) is 10.6 Å². The third kappa shape index (κ3) is 2.53. The molecule has 2 N–H and O–H groups in total. The van der Waals surface area contributed by atoms with Gasteiger partial charge in [0.15, 0.2) is 0 Å².